The van der Waals surface area contributed by atoms with Crippen molar-refractivity contribution in [2.45, 2.75) is 57.1 Å². The van der Waals surface area contributed by atoms with Crippen LogP contribution in [-0.4, -0.2) is 48.8 Å². The molecule has 6 bridgehead atoms. The lowest BCUT2D eigenvalue weighted by Gasteiger charge is -2.52. The molecule has 5 atom stereocenters. The van der Waals surface area contributed by atoms with Gasteiger partial charge in [0.2, 0.25) is 0 Å². The highest BCUT2D eigenvalue weighted by Crippen LogP contribution is 2.46. The summed E-state index contributed by atoms with van der Waals surface area (Å²) in [4.78, 5) is 7.51. The van der Waals surface area contributed by atoms with E-state index in [-0.39, 0.29) is 12.1 Å². The first kappa shape index (κ1) is 29.5. The van der Waals surface area contributed by atoms with E-state index in [1.807, 2.05) is 6.20 Å². The monoisotopic (exact) mass is 612 g/mol. The van der Waals surface area contributed by atoms with Crippen LogP contribution in [-0.2, 0) is 4.74 Å². The molecule has 0 aliphatic carbocycles. The molecule has 3 fully saturated rings. The quantitative estimate of drug-likeness (QED) is 0.147. The maximum absolute atomic E-state index is 7.39. The van der Waals surface area contributed by atoms with Crippen LogP contribution < -0.4 is 9.47 Å². The Labute approximate surface area is 272 Å². The molecule has 0 spiro atoms. The van der Waals surface area contributed by atoms with Crippen LogP contribution in [0.15, 0.2) is 97.2 Å². The average Bonchev–Trinajstić information content (AvgIpc) is 3.11. The lowest BCUT2D eigenvalue weighted by molar-refractivity contribution is -0.0542. The van der Waals surface area contributed by atoms with Crippen molar-refractivity contribution in [2.75, 3.05) is 32.9 Å². The predicted octanol–water partition coefficient (Wildman–Crippen LogP) is 9.29. The molecule has 46 heavy (non-hydrogen) atoms. The highest BCUT2D eigenvalue weighted by molar-refractivity contribution is 6.10. The number of nitrogens with zero attached hydrogens (tertiary/aromatic N) is 2. The highest BCUT2D eigenvalue weighted by atomic mass is 16.5. The Bertz CT molecular complexity index is 1850. The van der Waals surface area contributed by atoms with Crippen LogP contribution in [0.1, 0.15) is 56.6 Å². The molecule has 236 valence electrons. The van der Waals surface area contributed by atoms with Crippen LogP contribution in [0, 0.1) is 11.8 Å². The van der Waals surface area contributed by atoms with Crippen LogP contribution in [0.5, 0.6) is 11.5 Å². The van der Waals surface area contributed by atoms with Crippen molar-refractivity contribution < 1.29 is 14.2 Å². The fraction of sp³-hybridized carbons (Fsp3) is 0.390. The summed E-state index contributed by atoms with van der Waals surface area (Å²) in [5, 5.41) is 5.97. The molecule has 3 saturated heterocycles. The van der Waals surface area contributed by atoms with Gasteiger partial charge >= 0.3 is 0 Å². The van der Waals surface area contributed by atoms with Gasteiger partial charge < -0.3 is 14.2 Å². The number of hydrogen-bond acceptors (Lipinski definition) is 5. The molecule has 6 heterocycles. The van der Waals surface area contributed by atoms with Gasteiger partial charge in [-0.1, -0.05) is 60.7 Å². The first-order valence-electron chi connectivity index (χ1n) is 17.4. The molecule has 5 aliphatic heterocycles. The zero-order valence-corrected chi connectivity index (χ0v) is 26.7. The van der Waals surface area contributed by atoms with E-state index in [9.17, 15) is 0 Å². The Kier molecular flexibility index (Phi) is 8.60. The summed E-state index contributed by atoms with van der Waals surface area (Å²) in [6.07, 6.45) is 14.3. The standard InChI is InChI=1S/C41H44N2O3/c1-2-4-10-23-45-32-15-16-38-37(27-32)36(17-20-42-38)41(39-25-29-18-21-43(39)28-31(29)19-24-44-22-9-3-1)46-40-26-30-11-5-6-12-33(30)34-13-7-8-14-35(34)40/h3,5-9,11-17,20,26-27,29,31,39,41H,1-2,4,10,18-19,21-25,28H2/b9-3+/t29-,31-,39+,41?/m0/s1. The van der Waals surface area contributed by atoms with Crippen molar-refractivity contribution in [3.8, 4) is 11.5 Å². The Balaban J connectivity index is 1.21. The molecule has 0 saturated carbocycles. The van der Waals surface area contributed by atoms with E-state index in [0.717, 1.165) is 92.8 Å². The summed E-state index contributed by atoms with van der Waals surface area (Å²) in [5.41, 5.74) is 2.18. The number of pyridine rings is 1. The minimum atomic E-state index is -0.149. The Morgan fingerprint density at radius 1 is 0.761 bits per heavy atom. The molecule has 5 aromatic rings. The normalized spacial score (nSPS) is 26.6. The van der Waals surface area contributed by atoms with Crippen molar-refractivity contribution in [3.63, 3.8) is 0 Å². The Morgan fingerprint density at radius 3 is 2.57 bits per heavy atom. The average molecular weight is 613 g/mol. The second kappa shape index (κ2) is 13.4. The van der Waals surface area contributed by atoms with Crippen molar-refractivity contribution in [3.05, 3.63) is 103 Å². The fourth-order valence-electron chi connectivity index (χ4n) is 8.21. The molecule has 1 aromatic heterocycles. The SMILES string of the molecule is C1=C/COCC[C@H]2CN3CC[C@H]2C[C@@H]3C(Oc2cc3ccccc3c3ccccc23)c2ccnc3ccc(cc23)OCCCCC/1. The minimum absolute atomic E-state index is 0.149. The van der Waals surface area contributed by atoms with Crippen LogP contribution in [0.4, 0.5) is 0 Å². The second-order valence-corrected chi connectivity index (χ2v) is 13.4. The van der Waals surface area contributed by atoms with E-state index in [1.54, 1.807) is 0 Å². The summed E-state index contributed by atoms with van der Waals surface area (Å²) < 4.78 is 19.8. The van der Waals surface area contributed by atoms with Crippen molar-refractivity contribution in [1.82, 2.24) is 9.88 Å². The van der Waals surface area contributed by atoms with E-state index in [2.05, 4.69) is 95.9 Å². The van der Waals surface area contributed by atoms with E-state index >= 15 is 0 Å². The summed E-state index contributed by atoms with van der Waals surface area (Å²) in [6.45, 7) is 4.49. The maximum Gasteiger partial charge on any atom is 0.140 e. The highest BCUT2D eigenvalue weighted by Gasteiger charge is 2.44. The molecule has 5 nitrogen and oxygen atoms in total. The molecule has 0 amide bonds. The third kappa shape index (κ3) is 5.99. The van der Waals surface area contributed by atoms with Gasteiger partial charge in [0.15, 0.2) is 0 Å². The van der Waals surface area contributed by atoms with Crippen LogP contribution in [0.3, 0.4) is 0 Å². The zero-order chi connectivity index (χ0) is 30.7. The number of ether oxygens (including phenoxy) is 3. The summed E-state index contributed by atoms with van der Waals surface area (Å²) >= 11 is 0. The first-order valence-corrected chi connectivity index (χ1v) is 17.4. The Morgan fingerprint density at radius 2 is 1.65 bits per heavy atom. The third-order valence-electron chi connectivity index (χ3n) is 10.6. The van der Waals surface area contributed by atoms with Gasteiger partial charge in [0.05, 0.1) is 24.8 Å². The fourth-order valence-corrected chi connectivity index (χ4v) is 8.21. The van der Waals surface area contributed by atoms with Gasteiger partial charge in [-0.15, -0.1) is 0 Å². The molecular formula is C41H44N2O3. The number of aromatic nitrogens is 1. The number of benzene rings is 4. The second-order valence-electron chi connectivity index (χ2n) is 13.4. The van der Waals surface area contributed by atoms with Crippen LogP contribution in [0.25, 0.3) is 32.4 Å². The van der Waals surface area contributed by atoms with E-state index < -0.39 is 0 Å². The topological polar surface area (TPSA) is 43.8 Å². The molecule has 4 aromatic carbocycles. The Hall–Kier alpha value is -3.93. The van der Waals surface area contributed by atoms with Gasteiger partial charge in [-0.05, 0) is 110 Å². The number of rotatable bonds is 2. The largest absolute Gasteiger partial charge is 0.494 e. The summed E-state index contributed by atoms with van der Waals surface area (Å²) in [7, 11) is 0. The lowest BCUT2D eigenvalue weighted by Crippen LogP contribution is -2.56. The molecule has 2 unspecified atom stereocenters. The summed E-state index contributed by atoms with van der Waals surface area (Å²) in [6, 6.07) is 28.4. The van der Waals surface area contributed by atoms with E-state index in [0.29, 0.717) is 11.8 Å². The van der Waals surface area contributed by atoms with Gasteiger partial charge in [-0.3, -0.25) is 9.88 Å². The van der Waals surface area contributed by atoms with E-state index in [4.69, 9.17) is 19.2 Å². The van der Waals surface area contributed by atoms with Crippen molar-refractivity contribution >= 4 is 32.4 Å². The molecule has 5 aliphatic rings. The smallest absolute Gasteiger partial charge is 0.140 e. The number of hydrogen-bond donors (Lipinski definition) is 0. The van der Waals surface area contributed by atoms with Gasteiger partial charge in [0.25, 0.3) is 0 Å². The van der Waals surface area contributed by atoms with Gasteiger partial charge in [-0.25, -0.2) is 0 Å². The van der Waals surface area contributed by atoms with Crippen molar-refractivity contribution in [1.29, 1.82) is 0 Å². The van der Waals surface area contributed by atoms with Crippen LogP contribution >= 0.6 is 0 Å². The zero-order valence-electron chi connectivity index (χ0n) is 26.7. The number of fused-ring (bicyclic) bond motifs is 14. The third-order valence-corrected chi connectivity index (χ3v) is 10.6. The molecule has 10 rings (SSSR count). The maximum atomic E-state index is 7.39. The minimum Gasteiger partial charge on any atom is -0.494 e. The van der Waals surface area contributed by atoms with Gasteiger partial charge in [0, 0.05) is 35.7 Å². The summed E-state index contributed by atoms with van der Waals surface area (Å²) in [5.74, 6) is 3.20. The van der Waals surface area contributed by atoms with Gasteiger partial charge in [0.1, 0.15) is 17.6 Å². The number of allylic oxidation sites excluding steroid dienone is 1. The molecule has 0 radical (unpaired) electrons. The number of piperidine rings is 3. The first-order chi connectivity index (χ1) is 22.8. The predicted molar refractivity (Wildman–Crippen MR) is 187 cm³/mol. The van der Waals surface area contributed by atoms with Crippen molar-refractivity contribution in [2.24, 2.45) is 11.8 Å². The lowest BCUT2D eigenvalue weighted by atomic mass is 9.72. The molecular weight excluding hydrogens is 568 g/mol. The van der Waals surface area contributed by atoms with E-state index in [1.165, 1.54) is 34.6 Å². The van der Waals surface area contributed by atoms with Crippen LogP contribution in [0.2, 0.25) is 0 Å². The molecule has 0 N–H and O–H groups in total. The van der Waals surface area contributed by atoms with Gasteiger partial charge in [-0.2, -0.15) is 0 Å². The molecule has 5 heteroatoms.